The van der Waals surface area contributed by atoms with Gasteiger partial charge < -0.3 is 4.79 Å². The molecule has 56 valence electrons. The van der Waals surface area contributed by atoms with Crippen LogP contribution in [0.25, 0.3) is 0 Å². The molecule has 1 heteroatoms. The first-order chi connectivity index (χ1) is 4.79. The largest absolute Gasteiger partial charge is 0.300 e. The van der Waals surface area contributed by atoms with E-state index in [2.05, 4.69) is 12.2 Å². The van der Waals surface area contributed by atoms with E-state index in [1.54, 1.807) is 6.92 Å². The molecule has 0 radical (unpaired) electrons. The summed E-state index contributed by atoms with van der Waals surface area (Å²) in [6.07, 6.45) is 8.79. The van der Waals surface area contributed by atoms with Crippen molar-refractivity contribution in [3.8, 4) is 0 Å². The lowest BCUT2D eigenvalue weighted by atomic mass is 9.92. The number of hydrogen-bond acceptors (Lipinski definition) is 1. The van der Waals surface area contributed by atoms with E-state index >= 15 is 0 Å². The molecule has 1 atom stereocenters. The first-order valence-corrected chi connectivity index (χ1v) is 3.95. The van der Waals surface area contributed by atoms with Crippen molar-refractivity contribution in [2.45, 2.75) is 32.6 Å². The summed E-state index contributed by atoms with van der Waals surface area (Å²) >= 11 is 0. The number of allylic oxidation sites excluding steroid dienone is 2. The molecule has 1 aliphatic carbocycles. The van der Waals surface area contributed by atoms with Gasteiger partial charge in [0.15, 0.2) is 0 Å². The maximum absolute atomic E-state index is 10.7. The Kier molecular flexibility index (Phi) is 2.67. The smallest absolute Gasteiger partial charge is 0.130 e. The summed E-state index contributed by atoms with van der Waals surface area (Å²) < 4.78 is 0. The Bertz CT molecular complexity index is 147. The van der Waals surface area contributed by atoms with Crippen LogP contribution in [-0.4, -0.2) is 5.78 Å². The topological polar surface area (TPSA) is 17.1 Å². The number of ketones is 1. The molecular formula is C9H14O. The second kappa shape index (κ2) is 3.55. The molecule has 0 amide bonds. The van der Waals surface area contributed by atoms with Crippen molar-refractivity contribution in [3.63, 3.8) is 0 Å². The molecule has 0 aromatic heterocycles. The number of rotatable bonds is 2. The van der Waals surface area contributed by atoms with Gasteiger partial charge >= 0.3 is 0 Å². The van der Waals surface area contributed by atoms with Crippen molar-refractivity contribution >= 4 is 5.78 Å². The Balaban J connectivity index is 2.33. The molecule has 0 spiro atoms. The van der Waals surface area contributed by atoms with Crippen LogP contribution in [0.15, 0.2) is 12.2 Å². The first-order valence-electron chi connectivity index (χ1n) is 3.95. The quantitative estimate of drug-likeness (QED) is 0.535. The molecule has 0 aromatic rings. The lowest BCUT2D eigenvalue weighted by molar-refractivity contribution is -0.117. The first kappa shape index (κ1) is 7.52. The predicted octanol–water partition coefficient (Wildman–Crippen LogP) is 2.32. The van der Waals surface area contributed by atoms with Crippen molar-refractivity contribution in [1.82, 2.24) is 0 Å². The normalized spacial score (nSPS) is 24.7. The van der Waals surface area contributed by atoms with Crippen LogP contribution in [0.2, 0.25) is 0 Å². The zero-order valence-corrected chi connectivity index (χ0v) is 6.47. The van der Waals surface area contributed by atoms with Gasteiger partial charge in [-0.1, -0.05) is 12.2 Å². The Labute approximate surface area is 62.1 Å². The molecule has 0 saturated carbocycles. The third kappa shape index (κ3) is 2.34. The van der Waals surface area contributed by atoms with Crippen molar-refractivity contribution in [3.05, 3.63) is 12.2 Å². The molecule has 0 aliphatic heterocycles. The van der Waals surface area contributed by atoms with E-state index in [1.165, 1.54) is 19.3 Å². The minimum absolute atomic E-state index is 0.316. The molecule has 1 unspecified atom stereocenters. The monoisotopic (exact) mass is 138 g/mol. The molecule has 0 fully saturated rings. The fraction of sp³-hybridized carbons (Fsp3) is 0.667. The molecule has 0 aromatic carbocycles. The maximum atomic E-state index is 10.7. The van der Waals surface area contributed by atoms with Crippen LogP contribution in [0, 0.1) is 5.92 Å². The summed E-state index contributed by atoms with van der Waals surface area (Å²) in [5.74, 6) is 0.864. The number of carbonyl (C=O) groups is 1. The number of Topliss-reactive ketones (excluding diaryl/α,β-unsaturated/α-hetero) is 1. The van der Waals surface area contributed by atoms with Crippen LogP contribution in [0.5, 0.6) is 0 Å². The molecule has 0 heterocycles. The highest BCUT2D eigenvalue weighted by atomic mass is 16.1. The summed E-state index contributed by atoms with van der Waals surface area (Å²) in [4.78, 5) is 10.7. The van der Waals surface area contributed by atoms with Gasteiger partial charge in [-0.15, -0.1) is 0 Å². The Morgan fingerprint density at radius 1 is 1.70 bits per heavy atom. The van der Waals surface area contributed by atoms with Gasteiger partial charge in [0.2, 0.25) is 0 Å². The van der Waals surface area contributed by atoms with Crippen LogP contribution in [0.1, 0.15) is 32.6 Å². The molecule has 0 saturated heterocycles. The highest BCUT2D eigenvalue weighted by Crippen LogP contribution is 2.19. The third-order valence-corrected chi connectivity index (χ3v) is 1.90. The van der Waals surface area contributed by atoms with E-state index in [4.69, 9.17) is 0 Å². The summed E-state index contributed by atoms with van der Waals surface area (Å²) in [6.45, 7) is 1.67. The number of hydrogen-bond donors (Lipinski definition) is 0. The fourth-order valence-corrected chi connectivity index (χ4v) is 1.42. The summed E-state index contributed by atoms with van der Waals surface area (Å²) in [6, 6.07) is 0. The second-order valence-electron chi connectivity index (χ2n) is 3.03. The molecule has 10 heavy (non-hydrogen) atoms. The Morgan fingerprint density at radius 3 is 3.00 bits per heavy atom. The van der Waals surface area contributed by atoms with Crippen LogP contribution in [0.3, 0.4) is 0 Å². The van der Waals surface area contributed by atoms with Gasteiger partial charge in [-0.3, -0.25) is 0 Å². The number of carbonyl (C=O) groups excluding carboxylic acids is 1. The average Bonchev–Trinajstić information content (AvgIpc) is 1.88. The minimum atomic E-state index is 0.316. The van der Waals surface area contributed by atoms with Gasteiger partial charge in [0.25, 0.3) is 0 Å². The van der Waals surface area contributed by atoms with Crippen molar-refractivity contribution in [1.29, 1.82) is 0 Å². The minimum Gasteiger partial charge on any atom is -0.300 e. The molecule has 0 bridgehead atoms. The van der Waals surface area contributed by atoms with Gasteiger partial charge in [0.05, 0.1) is 0 Å². The SMILES string of the molecule is CC(=O)CC1C=CCCC1. The molecule has 1 rings (SSSR count). The standard InChI is InChI=1S/C9H14O/c1-8(10)7-9-5-3-2-4-6-9/h3,5,9H,2,4,6-7H2,1H3. The summed E-state index contributed by atoms with van der Waals surface area (Å²) in [7, 11) is 0. The van der Waals surface area contributed by atoms with E-state index < -0.39 is 0 Å². The van der Waals surface area contributed by atoms with Crippen molar-refractivity contribution in [2.24, 2.45) is 5.92 Å². The highest BCUT2D eigenvalue weighted by molar-refractivity contribution is 5.75. The second-order valence-corrected chi connectivity index (χ2v) is 3.03. The lowest BCUT2D eigenvalue weighted by Crippen LogP contribution is -2.05. The van der Waals surface area contributed by atoms with Crippen LogP contribution >= 0.6 is 0 Å². The summed E-state index contributed by atoms with van der Waals surface area (Å²) in [5.41, 5.74) is 0. The van der Waals surface area contributed by atoms with Crippen molar-refractivity contribution in [2.75, 3.05) is 0 Å². The average molecular weight is 138 g/mol. The van der Waals surface area contributed by atoms with Gasteiger partial charge in [0.1, 0.15) is 5.78 Å². The Hall–Kier alpha value is -0.590. The van der Waals surface area contributed by atoms with Gasteiger partial charge in [-0.2, -0.15) is 0 Å². The maximum Gasteiger partial charge on any atom is 0.130 e. The van der Waals surface area contributed by atoms with Crippen LogP contribution in [0.4, 0.5) is 0 Å². The van der Waals surface area contributed by atoms with E-state index in [0.717, 1.165) is 6.42 Å². The lowest BCUT2D eigenvalue weighted by Gasteiger charge is -2.13. The molecule has 1 nitrogen and oxygen atoms in total. The van der Waals surface area contributed by atoms with E-state index in [0.29, 0.717) is 11.7 Å². The third-order valence-electron chi connectivity index (χ3n) is 1.90. The summed E-state index contributed by atoms with van der Waals surface area (Å²) in [5, 5.41) is 0. The van der Waals surface area contributed by atoms with E-state index in [9.17, 15) is 4.79 Å². The van der Waals surface area contributed by atoms with Gasteiger partial charge in [-0.25, -0.2) is 0 Å². The van der Waals surface area contributed by atoms with Crippen LogP contribution < -0.4 is 0 Å². The Morgan fingerprint density at radius 2 is 2.50 bits per heavy atom. The highest BCUT2D eigenvalue weighted by Gasteiger charge is 2.09. The molecular weight excluding hydrogens is 124 g/mol. The molecule has 0 N–H and O–H groups in total. The fourth-order valence-electron chi connectivity index (χ4n) is 1.42. The van der Waals surface area contributed by atoms with Crippen molar-refractivity contribution < 1.29 is 4.79 Å². The van der Waals surface area contributed by atoms with Crippen LogP contribution in [-0.2, 0) is 4.79 Å². The zero-order chi connectivity index (χ0) is 7.40. The van der Waals surface area contributed by atoms with E-state index in [-0.39, 0.29) is 0 Å². The zero-order valence-electron chi connectivity index (χ0n) is 6.47. The molecule has 1 aliphatic rings. The van der Waals surface area contributed by atoms with Gasteiger partial charge in [-0.05, 0) is 32.1 Å². The van der Waals surface area contributed by atoms with Gasteiger partial charge in [0, 0.05) is 6.42 Å². The predicted molar refractivity (Wildman–Crippen MR) is 41.8 cm³/mol. The van der Waals surface area contributed by atoms with E-state index in [1.807, 2.05) is 0 Å².